The van der Waals surface area contributed by atoms with E-state index < -0.39 is 11.7 Å². The number of aromatic nitrogens is 3. The Morgan fingerprint density at radius 1 is 1.05 bits per heavy atom. The molecule has 1 atom stereocenters. The van der Waals surface area contributed by atoms with Gasteiger partial charge in [0.2, 0.25) is 11.8 Å². The number of aryl methyl sites for hydroxylation is 1. The Morgan fingerprint density at radius 2 is 1.84 bits per heavy atom. The van der Waals surface area contributed by atoms with E-state index >= 15 is 0 Å². The molecule has 1 fully saturated rings. The summed E-state index contributed by atoms with van der Waals surface area (Å²) in [5.74, 6) is 0.312. The topological polar surface area (TPSA) is 122 Å². The number of ether oxygens (including phenoxy) is 2. The predicted octanol–water partition coefficient (Wildman–Crippen LogP) is 7.65. The van der Waals surface area contributed by atoms with Crippen LogP contribution in [0.2, 0.25) is 10.0 Å². The summed E-state index contributed by atoms with van der Waals surface area (Å²) in [4.78, 5) is 38.6. The largest absolute Gasteiger partial charge is 0.481 e. The summed E-state index contributed by atoms with van der Waals surface area (Å²) in [6.45, 7) is 8.45. The fraction of sp³-hybridized carbons (Fsp3) is 0.381. The second-order valence-electron chi connectivity index (χ2n) is 15.2. The first-order chi connectivity index (χ1) is 26.3. The van der Waals surface area contributed by atoms with Crippen molar-refractivity contribution in [3.63, 3.8) is 0 Å². The van der Waals surface area contributed by atoms with Gasteiger partial charge >= 0.3 is 6.09 Å². The summed E-state index contributed by atoms with van der Waals surface area (Å²) in [6.07, 6.45) is 3.25. The number of nitrogens with one attached hydrogen (secondary N) is 1. The van der Waals surface area contributed by atoms with Crippen molar-refractivity contribution in [2.45, 2.75) is 64.8 Å². The molecule has 1 saturated heterocycles. The number of fused-ring (bicyclic) bond motifs is 3. The van der Waals surface area contributed by atoms with E-state index in [0.717, 1.165) is 41.7 Å². The highest BCUT2D eigenvalue weighted by molar-refractivity contribution is 6.39. The number of aliphatic hydroxyl groups excluding tert-OH is 1. The molecule has 0 spiro atoms. The number of halogens is 2. The van der Waals surface area contributed by atoms with Crippen molar-refractivity contribution in [1.29, 1.82) is 0 Å². The molecule has 0 aliphatic carbocycles. The van der Waals surface area contributed by atoms with E-state index in [4.69, 9.17) is 42.6 Å². The van der Waals surface area contributed by atoms with Crippen LogP contribution in [0.4, 0.5) is 4.79 Å². The quantitative estimate of drug-likeness (QED) is 0.148. The number of carbonyl (C=O) groups is 2. The molecule has 288 valence electrons. The van der Waals surface area contributed by atoms with Crippen LogP contribution in [-0.4, -0.2) is 86.4 Å². The van der Waals surface area contributed by atoms with Crippen LogP contribution in [0.5, 0.6) is 5.88 Å². The van der Waals surface area contributed by atoms with Gasteiger partial charge in [-0.05, 0) is 57.0 Å². The Balaban J connectivity index is 1.18. The standard InChI is InChI=1S/C42H46Cl2N6O5/c1-42(2,3)55-41(53)50(23-27-11-14-36(52)46-27)22-26-10-13-33(47-40(26)54-5)31-8-6-7-29(37(31)43)30-15-17-45-39(38(30)44)25-9-12-28-32-24-49(19-20-51)18-16-34(32)48(4)35(28)21-25/h6-10,12-13,15,17,21,27,51H,11,14,16,18-20,22-24H2,1-5H3,(H,46,52)/t27-/m0/s1. The van der Waals surface area contributed by atoms with Crippen LogP contribution in [0.1, 0.15) is 50.4 Å². The van der Waals surface area contributed by atoms with Gasteiger partial charge in [-0.2, -0.15) is 0 Å². The number of hydrogen-bond donors (Lipinski definition) is 2. The van der Waals surface area contributed by atoms with Crippen LogP contribution in [0, 0.1) is 0 Å². The molecule has 11 nitrogen and oxygen atoms in total. The highest BCUT2D eigenvalue weighted by Gasteiger charge is 2.30. The van der Waals surface area contributed by atoms with Crippen LogP contribution in [0.15, 0.2) is 60.8 Å². The molecule has 0 radical (unpaired) electrons. The summed E-state index contributed by atoms with van der Waals surface area (Å²) < 4.78 is 13.7. The summed E-state index contributed by atoms with van der Waals surface area (Å²) in [7, 11) is 3.64. The van der Waals surface area contributed by atoms with Crippen LogP contribution in [0.3, 0.4) is 0 Å². The van der Waals surface area contributed by atoms with Crippen LogP contribution >= 0.6 is 23.2 Å². The average Bonchev–Trinajstić information content (AvgIpc) is 3.69. The Kier molecular flexibility index (Phi) is 11.1. The molecule has 5 heterocycles. The van der Waals surface area contributed by atoms with E-state index in [1.807, 2.05) is 57.2 Å². The first-order valence-electron chi connectivity index (χ1n) is 18.5. The van der Waals surface area contributed by atoms with E-state index in [0.29, 0.717) is 64.4 Å². The number of benzene rings is 2. The number of amides is 2. The Morgan fingerprint density at radius 3 is 2.56 bits per heavy atom. The fourth-order valence-electron chi connectivity index (χ4n) is 7.63. The molecule has 2 amide bonds. The van der Waals surface area contributed by atoms with Gasteiger partial charge in [0.05, 0.1) is 41.7 Å². The second-order valence-corrected chi connectivity index (χ2v) is 15.9. The smallest absolute Gasteiger partial charge is 0.410 e. The van der Waals surface area contributed by atoms with Gasteiger partial charge in [0.1, 0.15) is 5.60 Å². The lowest BCUT2D eigenvalue weighted by atomic mass is 9.99. The maximum atomic E-state index is 13.3. The molecule has 2 aromatic carbocycles. The highest BCUT2D eigenvalue weighted by atomic mass is 35.5. The minimum atomic E-state index is -0.695. The lowest BCUT2D eigenvalue weighted by molar-refractivity contribution is -0.119. The van der Waals surface area contributed by atoms with Crippen molar-refractivity contribution in [1.82, 2.24) is 29.7 Å². The summed E-state index contributed by atoms with van der Waals surface area (Å²) in [6, 6.07) is 17.5. The third-order valence-electron chi connectivity index (χ3n) is 10.3. The van der Waals surface area contributed by atoms with Crippen molar-refractivity contribution in [2.75, 3.05) is 33.4 Å². The van der Waals surface area contributed by atoms with Crippen molar-refractivity contribution >= 4 is 46.1 Å². The molecule has 2 aliphatic heterocycles. The van der Waals surface area contributed by atoms with Gasteiger partial charge in [0, 0.05) is 103 Å². The Bertz CT molecular complexity index is 2270. The van der Waals surface area contributed by atoms with Gasteiger partial charge in [-0.15, -0.1) is 0 Å². The van der Waals surface area contributed by atoms with Gasteiger partial charge in [-0.25, -0.2) is 9.78 Å². The van der Waals surface area contributed by atoms with Gasteiger partial charge in [0.25, 0.3) is 0 Å². The maximum absolute atomic E-state index is 13.3. The summed E-state index contributed by atoms with van der Waals surface area (Å²) >= 11 is 14.4. The molecular weight excluding hydrogens is 739 g/mol. The number of carbonyl (C=O) groups excluding carboxylic acids is 2. The van der Waals surface area contributed by atoms with Crippen LogP contribution < -0.4 is 10.1 Å². The van der Waals surface area contributed by atoms with Crippen molar-refractivity contribution < 1.29 is 24.2 Å². The Labute approximate surface area is 331 Å². The number of aliphatic hydroxyl groups is 1. The van der Waals surface area contributed by atoms with Gasteiger partial charge < -0.3 is 29.4 Å². The molecule has 55 heavy (non-hydrogen) atoms. The molecular formula is C42H46Cl2N6O5. The first-order valence-corrected chi connectivity index (χ1v) is 19.3. The van der Waals surface area contributed by atoms with Gasteiger partial charge in [-0.1, -0.05) is 53.5 Å². The van der Waals surface area contributed by atoms with Gasteiger partial charge in [-0.3, -0.25) is 14.7 Å². The van der Waals surface area contributed by atoms with Crippen molar-refractivity contribution in [3.8, 4) is 39.5 Å². The second kappa shape index (κ2) is 15.8. The van der Waals surface area contributed by atoms with E-state index in [2.05, 4.69) is 40.0 Å². The molecule has 0 saturated carbocycles. The SMILES string of the molecule is COc1nc(-c2cccc(-c3ccnc(-c4ccc5c6c(n(C)c5c4)CCN(CCO)C6)c3Cl)c2Cl)ccc1CN(C[C@@H]1CCC(=O)N1)C(=O)OC(C)(C)C. The maximum Gasteiger partial charge on any atom is 0.410 e. The average molecular weight is 786 g/mol. The third kappa shape index (κ3) is 8.02. The minimum Gasteiger partial charge on any atom is -0.481 e. The molecule has 0 bridgehead atoms. The van der Waals surface area contributed by atoms with Gasteiger partial charge in [0.15, 0.2) is 0 Å². The zero-order valence-electron chi connectivity index (χ0n) is 31.8. The number of hydrogen-bond acceptors (Lipinski definition) is 8. The molecule has 2 N–H and O–H groups in total. The van der Waals surface area contributed by atoms with E-state index in [-0.39, 0.29) is 25.1 Å². The summed E-state index contributed by atoms with van der Waals surface area (Å²) in [5, 5.41) is 14.6. The summed E-state index contributed by atoms with van der Waals surface area (Å²) in [5.41, 5.74) is 7.99. The monoisotopic (exact) mass is 784 g/mol. The van der Waals surface area contributed by atoms with Crippen LogP contribution in [0.25, 0.3) is 44.5 Å². The predicted molar refractivity (Wildman–Crippen MR) is 215 cm³/mol. The number of β-amino-alcohol motifs (C(OH)–C–C–N with tert-alkyl or cyclic N) is 1. The minimum absolute atomic E-state index is 0.0274. The zero-order valence-corrected chi connectivity index (χ0v) is 33.3. The highest BCUT2D eigenvalue weighted by Crippen LogP contribution is 2.42. The number of rotatable bonds is 10. The molecule has 7 rings (SSSR count). The van der Waals surface area contributed by atoms with Crippen molar-refractivity contribution in [3.05, 3.63) is 87.7 Å². The third-order valence-corrected chi connectivity index (χ3v) is 11.1. The lowest BCUT2D eigenvalue weighted by Gasteiger charge is -2.29. The van der Waals surface area contributed by atoms with E-state index in [1.165, 1.54) is 23.8 Å². The molecule has 0 unspecified atom stereocenters. The van der Waals surface area contributed by atoms with Crippen LogP contribution in [-0.2, 0) is 36.1 Å². The normalized spacial score (nSPS) is 15.9. The zero-order chi connectivity index (χ0) is 39.0. The van der Waals surface area contributed by atoms with E-state index in [9.17, 15) is 14.7 Å². The number of nitrogens with zero attached hydrogens (tertiary/aromatic N) is 5. The van der Waals surface area contributed by atoms with E-state index in [1.54, 1.807) is 11.1 Å². The molecule has 2 aliphatic rings. The first kappa shape index (κ1) is 38.6. The fourth-order valence-corrected chi connectivity index (χ4v) is 8.28. The molecule has 3 aromatic heterocycles. The lowest BCUT2D eigenvalue weighted by Crippen LogP contribution is -2.43. The number of pyridine rings is 2. The molecule has 13 heteroatoms. The Hall–Kier alpha value is -4.68. The number of methoxy groups -OCH3 is 1. The van der Waals surface area contributed by atoms with Crippen molar-refractivity contribution in [2.24, 2.45) is 7.05 Å². The molecule has 5 aromatic rings.